The highest BCUT2D eigenvalue weighted by atomic mass is 19.2. The summed E-state index contributed by atoms with van der Waals surface area (Å²) in [5, 5.41) is 4.37. The van der Waals surface area contributed by atoms with Gasteiger partial charge >= 0.3 is 0 Å². The Kier molecular flexibility index (Phi) is 7.02. The van der Waals surface area contributed by atoms with Crippen molar-refractivity contribution in [1.82, 2.24) is 19.9 Å². The number of hydrogen-bond donors (Lipinski definition) is 2. The van der Waals surface area contributed by atoms with Gasteiger partial charge in [0.05, 0.1) is 7.11 Å². The highest BCUT2D eigenvalue weighted by Gasteiger charge is 2.22. The molecule has 0 amide bonds. The molecule has 36 heavy (non-hydrogen) atoms. The molecule has 0 saturated carbocycles. The van der Waals surface area contributed by atoms with Crippen molar-refractivity contribution in [3.8, 4) is 28.3 Å². The summed E-state index contributed by atoms with van der Waals surface area (Å²) in [5.41, 5.74) is 8.34. The van der Waals surface area contributed by atoms with E-state index in [1.165, 1.54) is 6.07 Å². The van der Waals surface area contributed by atoms with Crippen LogP contribution >= 0.6 is 0 Å². The van der Waals surface area contributed by atoms with Crippen LogP contribution in [-0.2, 0) is 0 Å². The van der Waals surface area contributed by atoms with E-state index in [9.17, 15) is 8.78 Å². The van der Waals surface area contributed by atoms with Crippen LogP contribution in [0.15, 0.2) is 54.9 Å². The van der Waals surface area contributed by atoms with E-state index in [-0.39, 0.29) is 6.04 Å². The molecule has 3 N–H and O–H groups in total. The van der Waals surface area contributed by atoms with Crippen molar-refractivity contribution >= 4 is 16.7 Å². The number of benzene rings is 2. The van der Waals surface area contributed by atoms with Crippen molar-refractivity contribution in [3.63, 3.8) is 0 Å². The van der Waals surface area contributed by atoms with Gasteiger partial charge in [0.1, 0.15) is 17.1 Å². The fourth-order valence-corrected chi connectivity index (χ4v) is 4.61. The molecule has 4 aromatic rings. The average Bonchev–Trinajstić information content (AvgIpc) is 2.91. The summed E-state index contributed by atoms with van der Waals surface area (Å²) in [6.45, 7) is 3.45. The number of fused-ring (bicyclic) bond motifs is 1. The van der Waals surface area contributed by atoms with Crippen LogP contribution in [0, 0.1) is 11.6 Å². The topological polar surface area (TPSA) is 89.2 Å². The van der Waals surface area contributed by atoms with Crippen LogP contribution in [0.25, 0.3) is 33.4 Å². The number of halogens is 2. The summed E-state index contributed by atoms with van der Waals surface area (Å²) in [7, 11) is 1.57. The molecule has 0 aliphatic carbocycles. The number of pyridine rings is 1. The minimum absolute atomic E-state index is 0.219. The second-order valence-electron chi connectivity index (χ2n) is 8.89. The lowest BCUT2D eigenvalue weighted by atomic mass is 10.0. The second kappa shape index (κ2) is 10.5. The van der Waals surface area contributed by atoms with Gasteiger partial charge in [-0.1, -0.05) is 6.07 Å². The zero-order valence-corrected chi connectivity index (χ0v) is 20.0. The van der Waals surface area contributed by atoms with E-state index in [4.69, 9.17) is 20.4 Å². The molecule has 0 unspecified atom stereocenters. The van der Waals surface area contributed by atoms with Gasteiger partial charge in [-0.05, 0) is 60.4 Å². The summed E-state index contributed by atoms with van der Waals surface area (Å²) in [5.74, 6) is -0.0893. The number of nitrogens with zero attached hydrogens (tertiary/aromatic N) is 4. The third-order valence-corrected chi connectivity index (χ3v) is 6.53. The summed E-state index contributed by atoms with van der Waals surface area (Å²) in [6.07, 6.45) is 5.33. The lowest BCUT2D eigenvalue weighted by Gasteiger charge is -2.32. The monoisotopic (exact) mass is 490 g/mol. The lowest BCUT2D eigenvalue weighted by Crippen LogP contribution is -2.41. The van der Waals surface area contributed by atoms with Crippen LogP contribution in [0.4, 0.5) is 14.6 Å². The van der Waals surface area contributed by atoms with Gasteiger partial charge in [0.15, 0.2) is 17.5 Å². The van der Waals surface area contributed by atoms with E-state index in [1.54, 1.807) is 31.6 Å². The molecule has 1 aliphatic heterocycles. The Labute approximate surface area is 208 Å². The number of piperidine rings is 1. The maximum Gasteiger partial charge on any atom is 0.163 e. The van der Waals surface area contributed by atoms with E-state index in [2.05, 4.69) is 15.2 Å². The van der Waals surface area contributed by atoms with E-state index in [0.717, 1.165) is 49.5 Å². The molecular weight excluding hydrogens is 462 g/mol. The molecule has 0 radical (unpaired) electrons. The molecule has 2 aromatic carbocycles. The number of nitrogens with two attached hydrogens (primary N) is 1. The first-order chi connectivity index (χ1) is 17.6. The summed E-state index contributed by atoms with van der Waals surface area (Å²) < 4.78 is 33.3. The third kappa shape index (κ3) is 4.98. The van der Waals surface area contributed by atoms with Gasteiger partial charge in [-0.2, -0.15) is 0 Å². The molecule has 0 bridgehead atoms. The molecule has 3 heterocycles. The number of methoxy groups -OCH3 is 1. The van der Waals surface area contributed by atoms with Gasteiger partial charge in [0.25, 0.3) is 0 Å². The Balaban J connectivity index is 1.61. The molecule has 0 atom stereocenters. The van der Waals surface area contributed by atoms with Crippen LogP contribution in [-0.4, -0.2) is 59.2 Å². The normalized spacial score (nSPS) is 14.8. The first kappa shape index (κ1) is 24.0. The molecule has 9 heteroatoms. The molecule has 186 valence electrons. The van der Waals surface area contributed by atoms with Crippen LogP contribution in [0.2, 0.25) is 0 Å². The standard InChI is InChI=1S/C27H28F2N6O/c1-36-24-15-19(17-4-5-22(28)23(29)14-17)13-21-25(24)33-26(18-3-2-9-31-16-18)34-27(21)32-20-6-10-35(11-7-20)12-8-30/h2-5,9,13-16,20H,6-8,10-12,30H2,1H3,(H,32,33,34). The Morgan fingerprint density at radius 3 is 2.56 bits per heavy atom. The Hall–Kier alpha value is -3.69. The first-order valence-electron chi connectivity index (χ1n) is 12.0. The zero-order chi connectivity index (χ0) is 25.1. The van der Waals surface area contributed by atoms with E-state index >= 15 is 0 Å². The third-order valence-electron chi connectivity index (χ3n) is 6.53. The van der Waals surface area contributed by atoms with Gasteiger partial charge in [-0.15, -0.1) is 0 Å². The van der Waals surface area contributed by atoms with Crippen molar-refractivity contribution in [3.05, 3.63) is 66.5 Å². The number of likely N-dealkylation sites (tertiary alicyclic amines) is 1. The highest BCUT2D eigenvalue weighted by molar-refractivity contribution is 5.98. The smallest absolute Gasteiger partial charge is 0.163 e. The quantitative estimate of drug-likeness (QED) is 0.395. The zero-order valence-electron chi connectivity index (χ0n) is 20.0. The minimum atomic E-state index is -0.905. The van der Waals surface area contributed by atoms with Gasteiger partial charge in [-0.3, -0.25) is 4.98 Å². The molecular formula is C27H28F2N6O. The van der Waals surface area contributed by atoms with Gasteiger partial charge in [-0.25, -0.2) is 18.7 Å². The Morgan fingerprint density at radius 1 is 1.03 bits per heavy atom. The fraction of sp³-hybridized carbons (Fsp3) is 0.296. The van der Waals surface area contributed by atoms with Crippen LogP contribution in [0.1, 0.15) is 12.8 Å². The fourth-order valence-electron chi connectivity index (χ4n) is 4.61. The number of nitrogens with one attached hydrogen (secondary N) is 1. The molecule has 1 fully saturated rings. The van der Waals surface area contributed by atoms with E-state index < -0.39 is 11.6 Å². The first-order valence-corrected chi connectivity index (χ1v) is 12.0. The molecule has 1 aliphatic rings. The molecule has 7 nitrogen and oxygen atoms in total. The predicted molar refractivity (Wildman–Crippen MR) is 137 cm³/mol. The highest BCUT2D eigenvalue weighted by Crippen LogP contribution is 2.36. The number of anilines is 1. The predicted octanol–water partition coefficient (Wildman–Crippen LogP) is 4.48. The van der Waals surface area contributed by atoms with Gasteiger partial charge in [0.2, 0.25) is 0 Å². The SMILES string of the molecule is COc1cc(-c2ccc(F)c(F)c2)cc2c(NC3CCN(CCN)CC3)nc(-c3cccnc3)nc12. The van der Waals surface area contributed by atoms with Crippen LogP contribution in [0.5, 0.6) is 5.75 Å². The number of hydrogen-bond acceptors (Lipinski definition) is 7. The van der Waals surface area contributed by atoms with Crippen molar-refractivity contribution in [2.75, 3.05) is 38.6 Å². The largest absolute Gasteiger partial charge is 0.494 e. The minimum Gasteiger partial charge on any atom is -0.494 e. The summed E-state index contributed by atoms with van der Waals surface area (Å²) in [4.78, 5) is 16.3. The molecule has 1 saturated heterocycles. The number of rotatable bonds is 7. The summed E-state index contributed by atoms with van der Waals surface area (Å²) >= 11 is 0. The van der Waals surface area contributed by atoms with E-state index in [1.807, 2.05) is 18.2 Å². The van der Waals surface area contributed by atoms with Crippen molar-refractivity contribution < 1.29 is 13.5 Å². The van der Waals surface area contributed by atoms with Crippen molar-refractivity contribution in [1.29, 1.82) is 0 Å². The maximum absolute atomic E-state index is 14.0. The Bertz CT molecular complexity index is 1360. The van der Waals surface area contributed by atoms with Gasteiger partial charge in [0, 0.05) is 55.6 Å². The second-order valence-corrected chi connectivity index (χ2v) is 8.89. The Morgan fingerprint density at radius 2 is 1.86 bits per heavy atom. The van der Waals surface area contributed by atoms with Crippen LogP contribution in [0.3, 0.4) is 0 Å². The van der Waals surface area contributed by atoms with Crippen LogP contribution < -0.4 is 15.8 Å². The molecule has 2 aromatic heterocycles. The lowest BCUT2D eigenvalue weighted by molar-refractivity contribution is 0.224. The summed E-state index contributed by atoms with van der Waals surface area (Å²) in [6, 6.07) is 11.5. The maximum atomic E-state index is 14.0. The molecule has 5 rings (SSSR count). The molecule has 0 spiro atoms. The van der Waals surface area contributed by atoms with Crippen molar-refractivity contribution in [2.45, 2.75) is 18.9 Å². The van der Waals surface area contributed by atoms with Gasteiger partial charge < -0.3 is 20.7 Å². The number of ether oxygens (including phenoxy) is 1. The van der Waals surface area contributed by atoms with Crippen molar-refractivity contribution in [2.24, 2.45) is 5.73 Å². The van der Waals surface area contributed by atoms with E-state index in [0.29, 0.717) is 40.6 Å². The average molecular weight is 491 g/mol. The number of aromatic nitrogens is 3.